The molecule has 0 bridgehead atoms. The number of carbonyl (C=O) groups is 2. The second-order valence-electron chi connectivity index (χ2n) is 4.83. The smallest absolute Gasteiger partial charge is 0.306 e. The lowest BCUT2D eigenvalue weighted by atomic mass is 9.97. The van der Waals surface area contributed by atoms with Crippen molar-refractivity contribution in [2.45, 2.75) is 31.8 Å². The molecule has 1 saturated heterocycles. The van der Waals surface area contributed by atoms with E-state index < -0.39 is 11.6 Å². The number of hydrogen-bond acceptors (Lipinski definition) is 4. The fraction of sp³-hybridized carbons (Fsp3) is 0.818. The maximum absolute atomic E-state index is 11.7. The lowest BCUT2D eigenvalue weighted by Gasteiger charge is -2.25. The van der Waals surface area contributed by atoms with E-state index in [1.54, 1.807) is 0 Å². The van der Waals surface area contributed by atoms with Crippen LogP contribution in [-0.2, 0) is 9.59 Å². The van der Waals surface area contributed by atoms with Gasteiger partial charge in [0.2, 0.25) is 5.91 Å². The number of amides is 1. The zero-order valence-electron chi connectivity index (χ0n) is 10.0. The third kappa shape index (κ3) is 5.14. The van der Waals surface area contributed by atoms with Crippen molar-refractivity contribution in [3.63, 3.8) is 0 Å². The highest BCUT2D eigenvalue weighted by atomic mass is 16.4. The number of rotatable bonds is 5. The van der Waals surface area contributed by atoms with Crippen LogP contribution in [0.4, 0.5) is 0 Å². The number of aliphatic carboxylic acids is 1. The summed E-state index contributed by atoms with van der Waals surface area (Å²) in [6, 6.07) is 0. The lowest BCUT2D eigenvalue weighted by molar-refractivity contribution is -0.142. The van der Waals surface area contributed by atoms with E-state index in [0.717, 1.165) is 19.4 Å². The summed E-state index contributed by atoms with van der Waals surface area (Å²) >= 11 is 0. The molecule has 17 heavy (non-hydrogen) atoms. The quantitative estimate of drug-likeness (QED) is 0.514. The molecule has 0 aliphatic carbocycles. The highest BCUT2D eigenvalue weighted by Crippen LogP contribution is 2.11. The van der Waals surface area contributed by atoms with E-state index >= 15 is 0 Å². The third-order valence-electron chi connectivity index (χ3n) is 2.84. The van der Waals surface area contributed by atoms with E-state index in [1.165, 1.54) is 6.92 Å². The molecule has 0 spiro atoms. The Balaban J connectivity index is 2.33. The summed E-state index contributed by atoms with van der Waals surface area (Å²) in [5.74, 6) is -1.28. The van der Waals surface area contributed by atoms with Crippen LogP contribution in [0.2, 0.25) is 0 Å². The summed E-state index contributed by atoms with van der Waals surface area (Å²) in [6.45, 7) is 2.95. The zero-order chi connectivity index (χ0) is 12.9. The number of hydrogen-bond donors (Lipinski definition) is 4. The maximum atomic E-state index is 11.7. The summed E-state index contributed by atoms with van der Waals surface area (Å²) in [7, 11) is 0. The summed E-state index contributed by atoms with van der Waals surface area (Å²) in [6.07, 6.45) is 1.42. The molecular weight excluding hydrogens is 224 g/mol. The summed E-state index contributed by atoms with van der Waals surface area (Å²) < 4.78 is 0. The van der Waals surface area contributed by atoms with Crippen LogP contribution in [-0.4, -0.2) is 47.3 Å². The molecule has 0 aromatic heterocycles. The van der Waals surface area contributed by atoms with Crippen molar-refractivity contribution in [2.24, 2.45) is 5.92 Å². The van der Waals surface area contributed by atoms with Gasteiger partial charge in [-0.25, -0.2) is 0 Å². The molecule has 1 aliphatic heterocycles. The van der Waals surface area contributed by atoms with Gasteiger partial charge in [-0.05, 0) is 26.3 Å². The molecule has 0 saturated carbocycles. The highest BCUT2D eigenvalue weighted by molar-refractivity contribution is 5.79. The Bertz CT molecular complexity index is 285. The minimum absolute atomic E-state index is 0.0331. The number of carboxylic acid groups (broad SMARTS) is 1. The van der Waals surface area contributed by atoms with Gasteiger partial charge in [0.05, 0.1) is 17.9 Å². The van der Waals surface area contributed by atoms with Crippen LogP contribution in [0.3, 0.4) is 0 Å². The molecule has 1 heterocycles. The molecule has 0 radical (unpaired) electrons. The van der Waals surface area contributed by atoms with Crippen molar-refractivity contribution < 1.29 is 19.8 Å². The summed E-state index contributed by atoms with van der Waals surface area (Å²) in [5.41, 5.74) is -1.40. The average Bonchev–Trinajstić information content (AvgIpc) is 2.25. The molecule has 6 heteroatoms. The van der Waals surface area contributed by atoms with Gasteiger partial charge in [0.15, 0.2) is 0 Å². The number of carboxylic acids is 1. The van der Waals surface area contributed by atoms with Crippen molar-refractivity contribution in [1.82, 2.24) is 10.6 Å². The van der Waals surface area contributed by atoms with Crippen LogP contribution in [0.5, 0.6) is 0 Å². The lowest BCUT2D eigenvalue weighted by Crippen LogP contribution is -2.46. The van der Waals surface area contributed by atoms with E-state index in [2.05, 4.69) is 10.6 Å². The molecule has 0 aromatic rings. The van der Waals surface area contributed by atoms with Gasteiger partial charge < -0.3 is 20.8 Å². The summed E-state index contributed by atoms with van der Waals surface area (Å²) in [5, 5.41) is 24.0. The van der Waals surface area contributed by atoms with Gasteiger partial charge in [0, 0.05) is 13.1 Å². The topological polar surface area (TPSA) is 98.7 Å². The minimum atomic E-state index is -1.40. The van der Waals surface area contributed by atoms with E-state index in [0.29, 0.717) is 6.54 Å². The first kappa shape index (κ1) is 13.9. The van der Waals surface area contributed by atoms with Crippen molar-refractivity contribution in [1.29, 1.82) is 0 Å². The van der Waals surface area contributed by atoms with Crippen LogP contribution in [0, 0.1) is 5.92 Å². The van der Waals surface area contributed by atoms with Gasteiger partial charge >= 0.3 is 5.97 Å². The monoisotopic (exact) mass is 244 g/mol. The van der Waals surface area contributed by atoms with Crippen LogP contribution < -0.4 is 10.6 Å². The van der Waals surface area contributed by atoms with E-state index in [1.807, 2.05) is 0 Å². The van der Waals surface area contributed by atoms with Crippen LogP contribution >= 0.6 is 0 Å². The van der Waals surface area contributed by atoms with Gasteiger partial charge in [-0.3, -0.25) is 9.59 Å². The van der Waals surface area contributed by atoms with Crippen molar-refractivity contribution >= 4 is 11.9 Å². The third-order valence-corrected chi connectivity index (χ3v) is 2.84. The molecule has 2 atom stereocenters. The first-order valence-corrected chi connectivity index (χ1v) is 5.83. The molecule has 1 rings (SSSR count). The Hall–Kier alpha value is -1.14. The molecule has 1 fully saturated rings. The Morgan fingerprint density at radius 2 is 2.24 bits per heavy atom. The Labute approximate surface area is 100 Å². The molecule has 6 nitrogen and oxygen atoms in total. The Morgan fingerprint density at radius 3 is 2.76 bits per heavy atom. The molecular formula is C11H20N2O4. The standard InChI is InChI=1S/C11H20N2O4/c1-11(17,5-9(14)15)7-13-10(16)8-3-2-4-12-6-8/h8,12,17H,2-7H2,1H3,(H,13,16)(H,14,15)/t8-,11?/m1/s1. The van der Waals surface area contributed by atoms with Crippen LogP contribution in [0.15, 0.2) is 0 Å². The molecule has 1 amide bonds. The zero-order valence-corrected chi connectivity index (χ0v) is 10.0. The SMILES string of the molecule is CC(O)(CNC(=O)[C@@H]1CCCNC1)CC(=O)O. The maximum Gasteiger partial charge on any atom is 0.306 e. The highest BCUT2D eigenvalue weighted by Gasteiger charge is 2.27. The number of carbonyl (C=O) groups excluding carboxylic acids is 1. The van der Waals surface area contributed by atoms with Gasteiger partial charge in [-0.2, -0.15) is 0 Å². The number of piperidine rings is 1. The number of nitrogens with one attached hydrogen (secondary N) is 2. The predicted octanol–water partition coefficient (Wildman–Crippen LogP) is -0.672. The second kappa shape index (κ2) is 5.97. The average molecular weight is 244 g/mol. The molecule has 4 N–H and O–H groups in total. The molecule has 98 valence electrons. The number of aliphatic hydroxyl groups is 1. The van der Waals surface area contributed by atoms with Crippen molar-refractivity contribution in [3.05, 3.63) is 0 Å². The van der Waals surface area contributed by atoms with E-state index in [4.69, 9.17) is 5.11 Å². The largest absolute Gasteiger partial charge is 0.481 e. The molecule has 0 aromatic carbocycles. The van der Waals surface area contributed by atoms with E-state index in [-0.39, 0.29) is 24.8 Å². The van der Waals surface area contributed by atoms with Crippen LogP contribution in [0.1, 0.15) is 26.2 Å². The summed E-state index contributed by atoms with van der Waals surface area (Å²) in [4.78, 5) is 22.2. The normalized spacial score (nSPS) is 23.8. The molecule has 1 aliphatic rings. The first-order chi connectivity index (χ1) is 7.91. The van der Waals surface area contributed by atoms with Crippen molar-refractivity contribution in [3.8, 4) is 0 Å². The van der Waals surface area contributed by atoms with Crippen molar-refractivity contribution in [2.75, 3.05) is 19.6 Å². The molecule has 1 unspecified atom stereocenters. The Kier molecular flexibility index (Phi) is 4.89. The predicted molar refractivity (Wildman–Crippen MR) is 61.5 cm³/mol. The second-order valence-corrected chi connectivity index (χ2v) is 4.83. The Morgan fingerprint density at radius 1 is 1.53 bits per heavy atom. The van der Waals surface area contributed by atoms with Gasteiger partial charge in [0.1, 0.15) is 0 Å². The fourth-order valence-electron chi connectivity index (χ4n) is 1.89. The van der Waals surface area contributed by atoms with Gasteiger partial charge in [-0.15, -0.1) is 0 Å². The first-order valence-electron chi connectivity index (χ1n) is 5.83. The van der Waals surface area contributed by atoms with E-state index in [9.17, 15) is 14.7 Å². The van der Waals surface area contributed by atoms with Gasteiger partial charge in [0.25, 0.3) is 0 Å². The minimum Gasteiger partial charge on any atom is -0.481 e. The fourth-order valence-corrected chi connectivity index (χ4v) is 1.89. The van der Waals surface area contributed by atoms with Crippen LogP contribution in [0.25, 0.3) is 0 Å². The van der Waals surface area contributed by atoms with Gasteiger partial charge in [-0.1, -0.05) is 0 Å².